The summed E-state index contributed by atoms with van der Waals surface area (Å²) in [7, 11) is 1.95. The smallest absolute Gasteiger partial charge is 0.153 e. The molecule has 6 heteroatoms. The number of hydrogen-bond donors (Lipinski definition) is 1. The molecule has 3 aromatic rings. The van der Waals surface area contributed by atoms with Gasteiger partial charge in [-0.15, -0.1) is 11.3 Å². The van der Waals surface area contributed by atoms with Crippen LogP contribution in [0.15, 0.2) is 6.07 Å². The maximum Gasteiger partial charge on any atom is 0.153 e. The molecule has 108 valence electrons. The van der Waals surface area contributed by atoms with E-state index in [-0.39, 0.29) is 0 Å². The summed E-state index contributed by atoms with van der Waals surface area (Å²) in [5.74, 6) is 2.54. The SMILES string of the molecule is Cc1nc(Nc2cc(C)n(C)n2)c2c3c(sc2n1)CCC3. The second-order valence-electron chi connectivity index (χ2n) is 5.58. The van der Waals surface area contributed by atoms with Crippen LogP contribution in [0.5, 0.6) is 0 Å². The molecule has 0 saturated heterocycles. The van der Waals surface area contributed by atoms with Crippen LogP contribution in [0.4, 0.5) is 11.6 Å². The second-order valence-corrected chi connectivity index (χ2v) is 6.66. The van der Waals surface area contributed by atoms with Crippen molar-refractivity contribution >= 4 is 33.2 Å². The van der Waals surface area contributed by atoms with Gasteiger partial charge >= 0.3 is 0 Å². The van der Waals surface area contributed by atoms with E-state index in [1.807, 2.05) is 43.0 Å². The molecule has 0 unspecified atom stereocenters. The third-order valence-electron chi connectivity index (χ3n) is 4.04. The highest BCUT2D eigenvalue weighted by Crippen LogP contribution is 2.40. The zero-order chi connectivity index (χ0) is 14.6. The molecule has 0 amide bonds. The summed E-state index contributed by atoms with van der Waals surface area (Å²) in [5, 5.41) is 9.05. The molecule has 3 aromatic heterocycles. The number of nitrogens with one attached hydrogen (secondary N) is 1. The molecule has 0 aromatic carbocycles. The summed E-state index contributed by atoms with van der Waals surface area (Å²) in [5.41, 5.74) is 2.56. The van der Waals surface area contributed by atoms with Gasteiger partial charge in [-0.05, 0) is 38.7 Å². The van der Waals surface area contributed by atoms with Gasteiger partial charge in [0.2, 0.25) is 0 Å². The molecular weight excluding hydrogens is 282 g/mol. The Balaban J connectivity index is 1.87. The molecule has 0 spiro atoms. The Morgan fingerprint density at radius 1 is 1.24 bits per heavy atom. The summed E-state index contributed by atoms with van der Waals surface area (Å²) < 4.78 is 1.87. The Hall–Kier alpha value is -1.95. The van der Waals surface area contributed by atoms with Crippen molar-refractivity contribution in [2.45, 2.75) is 33.1 Å². The van der Waals surface area contributed by atoms with Crippen molar-refractivity contribution in [3.63, 3.8) is 0 Å². The molecule has 1 aliphatic carbocycles. The van der Waals surface area contributed by atoms with Gasteiger partial charge in [0.25, 0.3) is 0 Å². The van der Waals surface area contributed by atoms with Gasteiger partial charge in [0.1, 0.15) is 16.5 Å². The molecule has 3 heterocycles. The minimum atomic E-state index is 0.803. The lowest BCUT2D eigenvalue weighted by Gasteiger charge is -2.06. The summed E-state index contributed by atoms with van der Waals surface area (Å²) in [6, 6.07) is 2.04. The summed E-state index contributed by atoms with van der Waals surface area (Å²) in [6.45, 7) is 3.99. The first-order valence-electron chi connectivity index (χ1n) is 7.18. The average molecular weight is 299 g/mol. The highest BCUT2D eigenvalue weighted by Gasteiger charge is 2.22. The van der Waals surface area contributed by atoms with Gasteiger partial charge in [-0.3, -0.25) is 4.68 Å². The fourth-order valence-corrected chi connectivity index (χ4v) is 4.24. The predicted octanol–water partition coefficient (Wildman–Crippen LogP) is 3.27. The molecule has 0 fully saturated rings. The molecule has 1 aliphatic rings. The lowest BCUT2D eigenvalue weighted by molar-refractivity contribution is 0.743. The van der Waals surface area contributed by atoms with E-state index in [9.17, 15) is 0 Å². The average Bonchev–Trinajstić information content (AvgIpc) is 3.04. The van der Waals surface area contributed by atoms with Crippen LogP contribution in [0.25, 0.3) is 10.2 Å². The molecule has 0 radical (unpaired) electrons. The number of nitrogens with zero attached hydrogens (tertiary/aromatic N) is 4. The standard InChI is InChI=1S/C15H17N5S/c1-8-7-12(19-20(8)3)18-14-13-10-5-4-6-11(10)21-15(13)17-9(2)16-14/h7H,4-6H2,1-3H3,(H,16,17,18,19). The zero-order valence-electron chi connectivity index (χ0n) is 12.4. The normalized spacial score (nSPS) is 13.9. The van der Waals surface area contributed by atoms with E-state index in [1.165, 1.54) is 28.7 Å². The summed E-state index contributed by atoms with van der Waals surface area (Å²) in [6.07, 6.45) is 3.56. The van der Waals surface area contributed by atoms with Crippen molar-refractivity contribution in [2.75, 3.05) is 5.32 Å². The van der Waals surface area contributed by atoms with Gasteiger partial charge < -0.3 is 5.32 Å². The first-order chi connectivity index (χ1) is 10.1. The Labute approximate surface area is 127 Å². The van der Waals surface area contributed by atoms with E-state index in [2.05, 4.69) is 20.4 Å². The van der Waals surface area contributed by atoms with Crippen LogP contribution >= 0.6 is 11.3 Å². The lowest BCUT2D eigenvalue weighted by Crippen LogP contribution is -2.00. The van der Waals surface area contributed by atoms with Gasteiger partial charge in [0, 0.05) is 23.7 Å². The maximum atomic E-state index is 4.62. The molecule has 21 heavy (non-hydrogen) atoms. The Bertz CT molecular complexity index is 826. The fourth-order valence-electron chi connectivity index (χ4n) is 2.94. The number of anilines is 2. The number of thiophene rings is 1. The number of rotatable bonds is 2. The highest BCUT2D eigenvalue weighted by molar-refractivity contribution is 7.19. The third-order valence-corrected chi connectivity index (χ3v) is 5.22. The monoisotopic (exact) mass is 299 g/mol. The van der Waals surface area contributed by atoms with E-state index >= 15 is 0 Å². The number of aromatic nitrogens is 4. The predicted molar refractivity (Wildman–Crippen MR) is 85.4 cm³/mol. The van der Waals surface area contributed by atoms with Crippen LogP contribution < -0.4 is 5.32 Å². The van der Waals surface area contributed by atoms with Crippen LogP contribution in [0, 0.1) is 13.8 Å². The van der Waals surface area contributed by atoms with E-state index in [0.29, 0.717) is 0 Å². The van der Waals surface area contributed by atoms with Crippen molar-refractivity contribution < 1.29 is 0 Å². The Kier molecular flexibility index (Phi) is 2.75. The van der Waals surface area contributed by atoms with Crippen LogP contribution in [-0.4, -0.2) is 19.7 Å². The molecule has 0 aliphatic heterocycles. The van der Waals surface area contributed by atoms with E-state index < -0.39 is 0 Å². The minimum absolute atomic E-state index is 0.803. The van der Waals surface area contributed by atoms with Gasteiger partial charge in [0.15, 0.2) is 5.82 Å². The molecule has 4 rings (SSSR count). The quantitative estimate of drug-likeness (QED) is 0.789. The van der Waals surface area contributed by atoms with Crippen molar-refractivity contribution in [3.8, 4) is 0 Å². The van der Waals surface area contributed by atoms with Crippen molar-refractivity contribution in [3.05, 3.63) is 28.0 Å². The van der Waals surface area contributed by atoms with E-state index in [4.69, 9.17) is 0 Å². The lowest BCUT2D eigenvalue weighted by atomic mass is 10.2. The highest BCUT2D eigenvalue weighted by atomic mass is 32.1. The topological polar surface area (TPSA) is 55.6 Å². The van der Waals surface area contributed by atoms with E-state index in [1.54, 1.807) is 0 Å². The molecule has 0 atom stereocenters. The van der Waals surface area contributed by atoms with Crippen LogP contribution in [0.1, 0.15) is 28.4 Å². The molecule has 0 saturated carbocycles. The molecule has 1 N–H and O–H groups in total. The molecule has 0 bridgehead atoms. The van der Waals surface area contributed by atoms with Crippen LogP contribution in [0.2, 0.25) is 0 Å². The molecular formula is C15H17N5S. The Morgan fingerprint density at radius 2 is 2.10 bits per heavy atom. The number of fused-ring (bicyclic) bond motifs is 3. The maximum absolute atomic E-state index is 4.62. The minimum Gasteiger partial charge on any atom is -0.323 e. The van der Waals surface area contributed by atoms with Crippen molar-refractivity contribution in [1.82, 2.24) is 19.7 Å². The summed E-state index contributed by atoms with van der Waals surface area (Å²) >= 11 is 1.82. The van der Waals surface area contributed by atoms with Crippen LogP contribution in [0.3, 0.4) is 0 Å². The van der Waals surface area contributed by atoms with Gasteiger partial charge in [-0.2, -0.15) is 5.10 Å². The molecule has 5 nitrogen and oxygen atoms in total. The third kappa shape index (κ3) is 2.01. The van der Waals surface area contributed by atoms with Crippen molar-refractivity contribution in [2.24, 2.45) is 7.05 Å². The van der Waals surface area contributed by atoms with Crippen molar-refractivity contribution in [1.29, 1.82) is 0 Å². The largest absolute Gasteiger partial charge is 0.323 e. The van der Waals surface area contributed by atoms with Gasteiger partial charge in [-0.25, -0.2) is 9.97 Å². The fraction of sp³-hybridized carbons (Fsp3) is 0.400. The number of hydrogen-bond acceptors (Lipinski definition) is 5. The second kappa shape index (κ2) is 4.53. The van der Waals surface area contributed by atoms with Crippen LogP contribution in [-0.2, 0) is 19.9 Å². The van der Waals surface area contributed by atoms with Gasteiger partial charge in [-0.1, -0.05) is 0 Å². The Morgan fingerprint density at radius 3 is 2.86 bits per heavy atom. The number of aryl methyl sites for hydroxylation is 5. The summed E-state index contributed by atoms with van der Waals surface area (Å²) in [4.78, 5) is 11.8. The zero-order valence-corrected chi connectivity index (χ0v) is 13.2. The van der Waals surface area contributed by atoms with Gasteiger partial charge in [0.05, 0.1) is 5.39 Å². The van der Waals surface area contributed by atoms with E-state index in [0.717, 1.165) is 34.4 Å². The first kappa shape index (κ1) is 12.8. The first-order valence-corrected chi connectivity index (χ1v) is 8.00.